The third-order valence-electron chi connectivity index (χ3n) is 6.03. The first-order valence-corrected chi connectivity index (χ1v) is 12.5. The number of amidine groups is 1. The van der Waals surface area contributed by atoms with Gasteiger partial charge in [-0.25, -0.2) is 4.99 Å². The van der Waals surface area contributed by atoms with E-state index in [1.54, 1.807) is 4.90 Å². The van der Waals surface area contributed by atoms with Crippen molar-refractivity contribution in [1.82, 2.24) is 4.90 Å². The van der Waals surface area contributed by atoms with Crippen molar-refractivity contribution >= 4 is 45.9 Å². The van der Waals surface area contributed by atoms with E-state index < -0.39 is 0 Å². The Bertz CT molecular complexity index is 1140. The topological polar surface area (TPSA) is 35.9 Å². The Labute approximate surface area is 202 Å². The molecule has 0 aromatic heterocycles. The summed E-state index contributed by atoms with van der Waals surface area (Å²) in [6, 6.07) is 16.8. The van der Waals surface area contributed by atoms with Crippen LogP contribution in [0.15, 0.2) is 64.5 Å². The van der Waals surface area contributed by atoms with E-state index in [-0.39, 0.29) is 11.4 Å². The molecule has 4 rings (SSSR count). The van der Waals surface area contributed by atoms with E-state index in [0.717, 1.165) is 27.7 Å². The fraction of sp³-hybridized carbons (Fsp3) is 0.357. The number of fused-ring (bicyclic) bond motifs is 1. The van der Waals surface area contributed by atoms with Crippen LogP contribution >= 0.6 is 11.8 Å². The molecule has 1 amide bonds. The second kappa shape index (κ2) is 9.22. The van der Waals surface area contributed by atoms with Gasteiger partial charge >= 0.3 is 0 Å². The molecule has 0 saturated carbocycles. The van der Waals surface area contributed by atoms with Crippen molar-refractivity contribution in [3.63, 3.8) is 0 Å². The highest BCUT2D eigenvalue weighted by Crippen LogP contribution is 2.41. The van der Waals surface area contributed by atoms with Gasteiger partial charge in [-0.15, -0.1) is 0 Å². The Morgan fingerprint density at radius 2 is 1.85 bits per heavy atom. The number of carbonyl (C=O) groups excluding carboxylic acids is 1. The molecule has 0 atom stereocenters. The Hall–Kier alpha value is -2.79. The van der Waals surface area contributed by atoms with Crippen LogP contribution < -0.4 is 4.90 Å². The number of anilines is 1. The molecular formula is C28H33N3OS. The summed E-state index contributed by atoms with van der Waals surface area (Å²) < 4.78 is 0. The van der Waals surface area contributed by atoms with Gasteiger partial charge in [0, 0.05) is 23.8 Å². The number of nitrogens with zero attached hydrogens (tertiary/aromatic N) is 3. The number of para-hydroxylation sites is 1. The summed E-state index contributed by atoms with van der Waals surface area (Å²) >= 11 is 1.46. The fourth-order valence-corrected chi connectivity index (χ4v) is 5.90. The number of hydrogen-bond acceptors (Lipinski definition) is 4. The van der Waals surface area contributed by atoms with Gasteiger partial charge < -0.3 is 4.90 Å². The zero-order chi connectivity index (χ0) is 23.8. The molecule has 2 aromatic carbocycles. The highest BCUT2D eigenvalue weighted by Gasteiger charge is 2.34. The quantitative estimate of drug-likeness (QED) is 0.447. The lowest BCUT2D eigenvalue weighted by molar-refractivity contribution is -0.122. The van der Waals surface area contributed by atoms with E-state index in [9.17, 15) is 4.79 Å². The van der Waals surface area contributed by atoms with Crippen molar-refractivity contribution in [3.05, 3.63) is 70.6 Å². The molecule has 0 bridgehead atoms. The van der Waals surface area contributed by atoms with Gasteiger partial charge in [-0.2, -0.15) is 0 Å². The minimum absolute atomic E-state index is 0.0338. The third kappa shape index (κ3) is 4.65. The van der Waals surface area contributed by atoms with E-state index >= 15 is 0 Å². The second-order valence-electron chi connectivity index (χ2n) is 9.52. The molecule has 2 aliphatic rings. The maximum atomic E-state index is 13.2. The van der Waals surface area contributed by atoms with Crippen LogP contribution in [0.3, 0.4) is 0 Å². The summed E-state index contributed by atoms with van der Waals surface area (Å²) in [4.78, 5) is 23.0. The number of hydrogen-bond donors (Lipinski definition) is 0. The van der Waals surface area contributed by atoms with E-state index in [1.807, 2.05) is 36.4 Å². The first kappa shape index (κ1) is 23.4. The molecule has 0 radical (unpaired) electrons. The summed E-state index contributed by atoms with van der Waals surface area (Å²) in [5, 5.41) is 0.751. The third-order valence-corrected chi connectivity index (χ3v) is 7.03. The molecule has 172 valence electrons. The zero-order valence-electron chi connectivity index (χ0n) is 20.4. The summed E-state index contributed by atoms with van der Waals surface area (Å²) in [5.41, 5.74) is 5.63. The Balaban J connectivity index is 1.70. The molecule has 0 N–H and O–H groups in total. The number of thioether (sulfide) groups is 1. The predicted octanol–water partition coefficient (Wildman–Crippen LogP) is 7.11. The van der Waals surface area contributed by atoms with Gasteiger partial charge in [-0.1, -0.05) is 37.3 Å². The molecule has 2 heterocycles. The van der Waals surface area contributed by atoms with Crippen molar-refractivity contribution in [1.29, 1.82) is 0 Å². The molecule has 33 heavy (non-hydrogen) atoms. The van der Waals surface area contributed by atoms with Gasteiger partial charge in [0.1, 0.15) is 0 Å². The largest absolute Gasteiger partial charge is 0.360 e. The molecular weight excluding hydrogens is 426 g/mol. The minimum atomic E-state index is -0.0358. The van der Waals surface area contributed by atoms with Crippen LogP contribution in [0.4, 0.5) is 11.4 Å². The maximum Gasteiger partial charge on any atom is 0.266 e. The summed E-state index contributed by atoms with van der Waals surface area (Å²) in [6.07, 6.45) is 5.24. The molecule has 2 aliphatic heterocycles. The normalized spacial score (nSPS) is 20.1. The number of allylic oxidation sites excluding steroid dienone is 1. The van der Waals surface area contributed by atoms with Crippen LogP contribution in [-0.2, 0) is 4.79 Å². The first-order chi connectivity index (χ1) is 15.7. The molecule has 0 unspecified atom stereocenters. The second-order valence-corrected chi connectivity index (χ2v) is 10.5. The molecule has 0 spiro atoms. The maximum absolute atomic E-state index is 13.2. The SMILES string of the molecule is CCCN1C(=O)/C(=C/c2ccc3c(c2)C(C)=CC(C)(C)N3C(C)C)SC1=Nc1ccccc1. The van der Waals surface area contributed by atoms with Crippen molar-refractivity contribution in [2.24, 2.45) is 4.99 Å². The first-order valence-electron chi connectivity index (χ1n) is 11.7. The van der Waals surface area contributed by atoms with E-state index in [4.69, 9.17) is 4.99 Å². The van der Waals surface area contributed by atoms with Crippen LogP contribution in [-0.4, -0.2) is 34.1 Å². The lowest BCUT2D eigenvalue weighted by atomic mass is 9.87. The molecule has 1 saturated heterocycles. The average molecular weight is 460 g/mol. The van der Waals surface area contributed by atoms with Gasteiger partial charge in [0.05, 0.1) is 16.1 Å². The highest BCUT2D eigenvalue weighted by molar-refractivity contribution is 8.18. The Morgan fingerprint density at radius 3 is 2.52 bits per heavy atom. The van der Waals surface area contributed by atoms with Crippen LogP contribution in [0, 0.1) is 0 Å². The molecule has 5 heteroatoms. The van der Waals surface area contributed by atoms with Crippen LogP contribution in [0.5, 0.6) is 0 Å². The van der Waals surface area contributed by atoms with Crippen molar-refractivity contribution < 1.29 is 4.79 Å². The lowest BCUT2D eigenvalue weighted by Gasteiger charge is -2.46. The average Bonchev–Trinajstić information content (AvgIpc) is 3.03. The minimum Gasteiger partial charge on any atom is -0.360 e. The summed E-state index contributed by atoms with van der Waals surface area (Å²) in [7, 11) is 0. The van der Waals surface area contributed by atoms with Gasteiger partial charge in [0.15, 0.2) is 5.17 Å². The fourth-order valence-electron chi connectivity index (χ4n) is 4.88. The number of amides is 1. The van der Waals surface area contributed by atoms with Crippen LogP contribution in [0.1, 0.15) is 59.1 Å². The van der Waals surface area contributed by atoms with Crippen LogP contribution in [0.25, 0.3) is 11.6 Å². The van der Waals surface area contributed by atoms with Gasteiger partial charge in [0.25, 0.3) is 5.91 Å². The molecule has 4 nitrogen and oxygen atoms in total. The number of benzene rings is 2. The van der Waals surface area contributed by atoms with E-state index in [0.29, 0.717) is 12.6 Å². The van der Waals surface area contributed by atoms with Gasteiger partial charge in [0.2, 0.25) is 0 Å². The van der Waals surface area contributed by atoms with E-state index in [1.165, 1.54) is 28.6 Å². The van der Waals surface area contributed by atoms with Gasteiger partial charge in [-0.05, 0) is 94.3 Å². The highest BCUT2D eigenvalue weighted by atomic mass is 32.2. The Morgan fingerprint density at radius 1 is 1.12 bits per heavy atom. The lowest BCUT2D eigenvalue weighted by Crippen LogP contribution is -2.49. The number of rotatable bonds is 5. The smallest absolute Gasteiger partial charge is 0.266 e. The summed E-state index contributed by atoms with van der Waals surface area (Å²) in [5.74, 6) is 0.0338. The molecule has 1 fully saturated rings. The molecule has 2 aromatic rings. The number of carbonyl (C=O) groups is 1. The van der Waals surface area contributed by atoms with Crippen molar-refractivity contribution in [2.75, 3.05) is 11.4 Å². The zero-order valence-corrected chi connectivity index (χ0v) is 21.2. The standard InChI is InChI=1S/C28H33N3OS/c1-7-15-30-26(32)25(33-27(30)29-22-11-9-8-10-12-22)17-21-13-14-24-23(16-21)20(4)18-28(5,6)31(24)19(2)3/h8-14,16-19H,7,15H2,1-6H3/b25-17-,29-27?. The number of aliphatic imine (C=N–C) groups is 1. The summed E-state index contributed by atoms with van der Waals surface area (Å²) in [6.45, 7) is 13.9. The molecule has 0 aliphatic carbocycles. The predicted molar refractivity (Wildman–Crippen MR) is 143 cm³/mol. The van der Waals surface area contributed by atoms with Gasteiger partial charge in [-0.3, -0.25) is 9.69 Å². The Kier molecular flexibility index (Phi) is 6.53. The van der Waals surface area contributed by atoms with Crippen LogP contribution in [0.2, 0.25) is 0 Å². The van der Waals surface area contributed by atoms with E-state index in [2.05, 4.69) is 70.7 Å². The van der Waals surface area contributed by atoms with Crippen molar-refractivity contribution in [3.8, 4) is 0 Å². The van der Waals surface area contributed by atoms with Crippen molar-refractivity contribution in [2.45, 2.75) is 59.5 Å². The monoisotopic (exact) mass is 459 g/mol.